The van der Waals surface area contributed by atoms with Crippen molar-refractivity contribution in [2.24, 2.45) is 0 Å². The first kappa shape index (κ1) is 10.8. The molecule has 7 nitrogen and oxygen atoms in total. The molecule has 0 spiro atoms. The fourth-order valence-electron chi connectivity index (χ4n) is 1.42. The molecule has 0 saturated carbocycles. The van der Waals surface area contributed by atoms with Gasteiger partial charge in [0.15, 0.2) is 0 Å². The Kier molecular flexibility index (Phi) is 2.57. The summed E-state index contributed by atoms with van der Waals surface area (Å²) in [6.07, 6.45) is 4.61. The van der Waals surface area contributed by atoms with Crippen LogP contribution in [0.2, 0.25) is 0 Å². The number of carbonyl (C=O) groups is 1. The number of carboxylic acid groups (broad SMARTS) is 1. The van der Waals surface area contributed by atoms with E-state index in [9.17, 15) is 14.9 Å². The zero-order chi connectivity index (χ0) is 12.4. The number of hydrogen-bond acceptors (Lipinski definition) is 4. The maximum absolute atomic E-state index is 10.8. The zero-order valence-electron chi connectivity index (χ0n) is 8.48. The minimum atomic E-state index is -1.33. The summed E-state index contributed by atoms with van der Waals surface area (Å²) in [7, 11) is 0. The van der Waals surface area contributed by atoms with Gasteiger partial charge in [-0.05, 0) is 12.1 Å². The lowest BCUT2D eigenvalue weighted by molar-refractivity contribution is -0.385. The van der Waals surface area contributed by atoms with Gasteiger partial charge in [0, 0.05) is 18.5 Å². The van der Waals surface area contributed by atoms with Crippen molar-refractivity contribution in [3.8, 4) is 5.69 Å². The molecule has 1 aromatic heterocycles. The molecule has 0 aliphatic rings. The molecule has 0 atom stereocenters. The van der Waals surface area contributed by atoms with E-state index in [0.29, 0.717) is 5.69 Å². The van der Waals surface area contributed by atoms with Gasteiger partial charge in [-0.2, -0.15) is 0 Å². The monoisotopic (exact) mass is 233 g/mol. The van der Waals surface area contributed by atoms with Gasteiger partial charge in [0.25, 0.3) is 5.69 Å². The van der Waals surface area contributed by atoms with Crippen LogP contribution in [-0.4, -0.2) is 25.6 Å². The Hall–Kier alpha value is -2.70. The van der Waals surface area contributed by atoms with Crippen molar-refractivity contribution in [1.29, 1.82) is 0 Å². The summed E-state index contributed by atoms with van der Waals surface area (Å²) in [6.45, 7) is 0. The standard InChI is InChI=1S/C10H7N3O4/c14-10(15)8-2-1-7(5-9(8)13(16)17)12-4-3-11-6-12/h1-6H,(H,14,15). The predicted octanol–water partition coefficient (Wildman–Crippen LogP) is 1.48. The Morgan fingerprint density at radius 1 is 1.47 bits per heavy atom. The van der Waals surface area contributed by atoms with Crippen LogP contribution < -0.4 is 0 Å². The highest BCUT2D eigenvalue weighted by Crippen LogP contribution is 2.22. The Bertz CT molecular complexity index is 577. The van der Waals surface area contributed by atoms with Gasteiger partial charge in [0.1, 0.15) is 5.56 Å². The first-order valence-corrected chi connectivity index (χ1v) is 4.59. The number of rotatable bonds is 3. The third-order valence-corrected chi connectivity index (χ3v) is 2.21. The molecule has 0 aliphatic carbocycles. The lowest BCUT2D eigenvalue weighted by atomic mass is 10.1. The molecule has 1 aromatic carbocycles. The zero-order valence-corrected chi connectivity index (χ0v) is 8.48. The van der Waals surface area contributed by atoms with Gasteiger partial charge in [0.05, 0.1) is 16.9 Å². The quantitative estimate of drug-likeness (QED) is 0.639. The molecule has 86 valence electrons. The molecule has 0 fully saturated rings. The van der Waals surface area contributed by atoms with E-state index in [1.165, 1.54) is 30.7 Å². The molecule has 0 saturated heterocycles. The summed E-state index contributed by atoms with van der Waals surface area (Å²) in [6, 6.07) is 3.89. The molecule has 0 amide bonds. The topological polar surface area (TPSA) is 98.3 Å². The summed E-state index contributed by atoms with van der Waals surface area (Å²) in [4.78, 5) is 24.7. The van der Waals surface area contributed by atoms with Gasteiger partial charge in [0.2, 0.25) is 0 Å². The first-order valence-electron chi connectivity index (χ1n) is 4.59. The van der Waals surface area contributed by atoms with E-state index >= 15 is 0 Å². The molecular formula is C10H7N3O4. The Morgan fingerprint density at radius 3 is 2.76 bits per heavy atom. The molecule has 1 N–H and O–H groups in total. The van der Waals surface area contributed by atoms with Crippen LogP contribution in [0.4, 0.5) is 5.69 Å². The SMILES string of the molecule is O=C(O)c1ccc(-n2ccnc2)cc1[N+](=O)[O-]. The van der Waals surface area contributed by atoms with Crippen LogP contribution in [0.15, 0.2) is 36.9 Å². The van der Waals surface area contributed by atoms with Crippen LogP contribution in [0.25, 0.3) is 5.69 Å². The van der Waals surface area contributed by atoms with Crippen molar-refractivity contribution in [2.75, 3.05) is 0 Å². The maximum Gasteiger partial charge on any atom is 0.342 e. The summed E-state index contributed by atoms with van der Waals surface area (Å²) in [5.41, 5.74) is -0.290. The van der Waals surface area contributed by atoms with E-state index in [1.807, 2.05) is 0 Å². The lowest BCUT2D eigenvalue weighted by Crippen LogP contribution is -2.03. The second-order valence-electron chi connectivity index (χ2n) is 3.23. The highest BCUT2D eigenvalue weighted by molar-refractivity contribution is 5.92. The Balaban J connectivity index is 2.57. The van der Waals surface area contributed by atoms with Crippen LogP contribution in [0.5, 0.6) is 0 Å². The number of aromatic nitrogens is 2. The minimum Gasteiger partial charge on any atom is -0.477 e. The minimum absolute atomic E-state index is 0.334. The molecule has 0 radical (unpaired) electrons. The lowest BCUT2D eigenvalue weighted by Gasteiger charge is -2.03. The highest BCUT2D eigenvalue weighted by atomic mass is 16.6. The molecule has 7 heteroatoms. The molecule has 0 aliphatic heterocycles. The number of nitro benzene ring substituents is 1. The number of nitro groups is 1. The van der Waals surface area contributed by atoms with Crippen LogP contribution in [0, 0.1) is 10.1 Å². The molecule has 17 heavy (non-hydrogen) atoms. The van der Waals surface area contributed by atoms with Gasteiger partial charge in [-0.15, -0.1) is 0 Å². The molecular weight excluding hydrogens is 226 g/mol. The Morgan fingerprint density at radius 2 is 2.24 bits per heavy atom. The molecule has 0 unspecified atom stereocenters. The van der Waals surface area contributed by atoms with Gasteiger partial charge in [-0.25, -0.2) is 9.78 Å². The van der Waals surface area contributed by atoms with Gasteiger partial charge < -0.3 is 9.67 Å². The number of nitrogens with zero attached hydrogens (tertiary/aromatic N) is 3. The van der Waals surface area contributed by atoms with Gasteiger partial charge in [-0.3, -0.25) is 10.1 Å². The second-order valence-corrected chi connectivity index (χ2v) is 3.23. The number of hydrogen-bond donors (Lipinski definition) is 1. The third kappa shape index (κ3) is 1.98. The number of imidazole rings is 1. The largest absolute Gasteiger partial charge is 0.477 e. The molecule has 2 rings (SSSR count). The average Bonchev–Trinajstić information content (AvgIpc) is 2.81. The average molecular weight is 233 g/mol. The smallest absolute Gasteiger partial charge is 0.342 e. The summed E-state index contributed by atoms with van der Waals surface area (Å²) < 4.78 is 1.55. The molecule has 0 bridgehead atoms. The molecule has 1 heterocycles. The van der Waals surface area contributed by atoms with Crippen LogP contribution in [0.3, 0.4) is 0 Å². The number of benzene rings is 1. The normalized spacial score (nSPS) is 10.1. The van der Waals surface area contributed by atoms with Crippen LogP contribution in [0.1, 0.15) is 10.4 Å². The van der Waals surface area contributed by atoms with Crippen LogP contribution in [-0.2, 0) is 0 Å². The van der Waals surface area contributed by atoms with E-state index in [1.54, 1.807) is 10.8 Å². The van der Waals surface area contributed by atoms with E-state index in [4.69, 9.17) is 5.11 Å². The Labute approximate surface area is 95.1 Å². The van der Waals surface area contributed by atoms with Crippen molar-refractivity contribution >= 4 is 11.7 Å². The van der Waals surface area contributed by atoms with E-state index in [2.05, 4.69) is 4.98 Å². The fraction of sp³-hybridized carbons (Fsp3) is 0. The molecule has 2 aromatic rings. The summed E-state index contributed by atoms with van der Waals surface area (Å²) in [5.74, 6) is -1.33. The van der Waals surface area contributed by atoms with Crippen molar-refractivity contribution in [2.45, 2.75) is 0 Å². The number of aromatic carboxylic acids is 1. The van der Waals surface area contributed by atoms with Gasteiger partial charge in [-0.1, -0.05) is 0 Å². The number of carboxylic acids is 1. The van der Waals surface area contributed by atoms with Crippen molar-refractivity contribution in [3.05, 3.63) is 52.6 Å². The summed E-state index contributed by atoms with van der Waals surface area (Å²) in [5, 5.41) is 19.6. The van der Waals surface area contributed by atoms with E-state index < -0.39 is 16.6 Å². The van der Waals surface area contributed by atoms with Crippen LogP contribution >= 0.6 is 0 Å². The van der Waals surface area contributed by atoms with Gasteiger partial charge >= 0.3 is 5.97 Å². The fourth-order valence-corrected chi connectivity index (χ4v) is 1.42. The predicted molar refractivity (Wildman–Crippen MR) is 57.2 cm³/mol. The van der Waals surface area contributed by atoms with E-state index in [0.717, 1.165) is 0 Å². The van der Waals surface area contributed by atoms with E-state index in [-0.39, 0.29) is 5.56 Å². The second kappa shape index (κ2) is 4.05. The maximum atomic E-state index is 10.8. The summed E-state index contributed by atoms with van der Waals surface area (Å²) >= 11 is 0. The van der Waals surface area contributed by atoms with Crippen molar-refractivity contribution in [1.82, 2.24) is 9.55 Å². The first-order chi connectivity index (χ1) is 8.09. The third-order valence-electron chi connectivity index (χ3n) is 2.21. The van der Waals surface area contributed by atoms with Crippen molar-refractivity contribution < 1.29 is 14.8 Å². The highest BCUT2D eigenvalue weighted by Gasteiger charge is 2.20. The van der Waals surface area contributed by atoms with Crippen molar-refractivity contribution in [3.63, 3.8) is 0 Å².